The molecule has 0 radical (unpaired) electrons. The Labute approximate surface area is 443 Å². The van der Waals surface area contributed by atoms with Crippen LogP contribution in [0.25, 0.3) is 33.4 Å². The lowest BCUT2D eigenvalue weighted by Crippen LogP contribution is -3.00. The number of esters is 2. The zero-order valence-corrected chi connectivity index (χ0v) is 46.5. The maximum absolute atomic E-state index is 15.1. The maximum atomic E-state index is 15.1. The monoisotopic (exact) mass is 1010 g/mol. The first-order valence-corrected chi connectivity index (χ1v) is 28.0. The quantitative estimate of drug-likeness (QED) is 0.0537. The summed E-state index contributed by atoms with van der Waals surface area (Å²) in [4.78, 5) is 32.0. The predicted molar refractivity (Wildman–Crippen MR) is 293 cm³/mol. The first-order chi connectivity index (χ1) is 34.5. The number of carbonyl (C=O) groups is 2. The third-order valence-electron chi connectivity index (χ3n) is 21.2. The van der Waals surface area contributed by atoms with Crippen molar-refractivity contribution in [2.45, 2.75) is 146 Å². The fraction of sp³-hybridized carbons (Fsp3) is 0.554. The van der Waals surface area contributed by atoms with E-state index in [9.17, 15) is 4.79 Å². The maximum Gasteiger partial charge on any atom is 0.339 e. The minimum atomic E-state index is -0.449. The lowest BCUT2D eigenvalue weighted by atomic mass is 9.32. The van der Waals surface area contributed by atoms with Crippen molar-refractivity contribution in [3.8, 4) is 22.5 Å². The van der Waals surface area contributed by atoms with E-state index in [0.29, 0.717) is 35.8 Å². The number of fused-ring (bicyclic) bond motifs is 9. The van der Waals surface area contributed by atoms with Gasteiger partial charge in [-0.05, 0) is 180 Å². The van der Waals surface area contributed by atoms with E-state index in [0.717, 1.165) is 134 Å². The minimum Gasteiger partial charge on any atom is -1.00 e. The molecule has 0 spiro atoms. The van der Waals surface area contributed by atoms with E-state index in [1.165, 1.54) is 12.0 Å². The van der Waals surface area contributed by atoms with Crippen LogP contribution in [0, 0.1) is 56.7 Å². The van der Waals surface area contributed by atoms with Gasteiger partial charge in [0.05, 0.1) is 17.0 Å². The molecule has 0 amide bonds. The molecule has 7 aliphatic rings. The minimum absolute atomic E-state index is 0. The topological polar surface area (TPSA) is 72.0 Å². The predicted octanol–water partition coefficient (Wildman–Crippen LogP) is 11.8. The number of ether oxygens (including phenoxy) is 2. The Morgan fingerprint density at radius 2 is 1.47 bits per heavy atom. The van der Waals surface area contributed by atoms with Crippen LogP contribution in [0.2, 0.25) is 0 Å². The van der Waals surface area contributed by atoms with E-state index >= 15 is 4.79 Å². The van der Waals surface area contributed by atoms with Crippen molar-refractivity contribution in [3.05, 3.63) is 120 Å². The van der Waals surface area contributed by atoms with Crippen LogP contribution in [-0.4, -0.2) is 44.2 Å². The number of hydrogen-bond donors (Lipinski definition) is 0. The van der Waals surface area contributed by atoms with E-state index in [1.54, 1.807) is 0 Å². The summed E-state index contributed by atoms with van der Waals surface area (Å²) in [5, 5.41) is 2.10. The highest BCUT2D eigenvalue weighted by atomic mass is 35.5. The van der Waals surface area contributed by atoms with Crippen molar-refractivity contribution in [1.82, 2.24) is 4.58 Å². The van der Waals surface area contributed by atoms with Gasteiger partial charge in [0.15, 0.2) is 0 Å². The lowest BCUT2D eigenvalue weighted by molar-refractivity contribution is -0.248. The van der Waals surface area contributed by atoms with Crippen LogP contribution in [0.1, 0.15) is 149 Å². The highest BCUT2D eigenvalue weighted by Gasteiger charge is 2.72. The number of carbonyl (C=O) groups excluding carboxylic acids is 2. The van der Waals surface area contributed by atoms with Gasteiger partial charge in [-0.25, -0.2) is 9.37 Å². The number of nitrogens with zero attached hydrogens (tertiary/aromatic N) is 2. The molecule has 0 N–H and O–H groups in total. The van der Waals surface area contributed by atoms with Crippen molar-refractivity contribution in [2.24, 2.45) is 56.7 Å². The molecular formula is C65H83ClN2O5. The average molecular weight is 1010 g/mol. The van der Waals surface area contributed by atoms with Gasteiger partial charge in [0.2, 0.25) is 5.36 Å². The van der Waals surface area contributed by atoms with Gasteiger partial charge in [0, 0.05) is 52.8 Å². The van der Waals surface area contributed by atoms with Gasteiger partial charge in [0.25, 0.3) is 0 Å². The summed E-state index contributed by atoms with van der Waals surface area (Å²) >= 11 is 0. The average Bonchev–Trinajstić information content (AvgIpc) is 3.78. The fourth-order valence-electron chi connectivity index (χ4n) is 17.4. The van der Waals surface area contributed by atoms with E-state index in [2.05, 4.69) is 140 Å². The van der Waals surface area contributed by atoms with Crippen LogP contribution in [0.3, 0.4) is 0 Å². The standard InChI is InChI=1S/C65H83N2O5.ClH/c1-12-66(13-2)44-25-27-49-52(39-44)71-53-40-45(67(14-3)15-4)26-28-50(53)57(49)47-23-19-20-24-48(47)59(68)72-56-33-34-62(9)54(61(56,7)8)32-35-64(11)55(62)30-29-51-58-46(42(5)6)31-36-65(58,38-37-63(51,64)10)60(69)70-41-43-21-17-16-18-22-43;/h16-28,39-40,46,51,54-56,58H,5,12-15,29-38,41H2,1-4,6-11H3;1H/q+1;/p-1/t46-,51+,54-,55+,56-,58-,62-,63+,64+,65-;/m0./s1. The van der Waals surface area contributed by atoms with Crippen LogP contribution in [0.5, 0.6) is 0 Å². The summed E-state index contributed by atoms with van der Waals surface area (Å²) in [6.07, 6.45) is 10.1. The molecule has 0 unspecified atom stereocenters. The second kappa shape index (κ2) is 20.0. The Bertz CT molecular complexity index is 2910. The van der Waals surface area contributed by atoms with Crippen molar-refractivity contribution in [3.63, 3.8) is 0 Å². The Morgan fingerprint density at radius 3 is 2.18 bits per heavy atom. The molecule has 0 bridgehead atoms. The zero-order chi connectivity index (χ0) is 51.0. The van der Waals surface area contributed by atoms with Gasteiger partial charge in [0.1, 0.15) is 37.1 Å². The van der Waals surface area contributed by atoms with Crippen LogP contribution in [0.4, 0.5) is 5.69 Å². The Kier molecular flexibility index (Phi) is 14.5. The summed E-state index contributed by atoms with van der Waals surface area (Å²) in [6, 6.07) is 31.3. The highest BCUT2D eigenvalue weighted by Crippen LogP contribution is 2.78. The summed E-state index contributed by atoms with van der Waals surface area (Å²) in [7, 11) is 0. The van der Waals surface area contributed by atoms with Crippen molar-refractivity contribution >= 4 is 28.6 Å². The van der Waals surface area contributed by atoms with Crippen LogP contribution in [0.15, 0.2) is 108 Å². The second-order valence-corrected chi connectivity index (χ2v) is 24.4. The molecule has 5 saturated carbocycles. The van der Waals surface area contributed by atoms with E-state index in [-0.39, 0.29) is 58.0 Å². The summed E-state index contributed by atoms with van der Waals surface area (Å²) in [6.45, 7) is 32.2. The third kappa shape index (κ3) is 8.40. The Balaban J connectivity index is 0.00000656. The molecule has 7 nitrogen and oxygen atoms in total. The fourth-order valence-corrected chi connectivity index (χ4v) is 17.4. The molecule has 10 atom stereocenters. The van der Waals surface area contributed by atoms with Crippen LogP contribution >= 0.6 is 0 Å². The molecule has 6 aliphatic carbocycles. The molecule has 8 heteroatoms. The van der Waals surface area contributed by atoms with Crippen LogP contribution in [-0.2, 0) is 20.9 Å². The number of benzene rings is 4. The number of rotatable bonds is 12. The first-order valence-electron chi connectivity index (χ1n) is 28.0. The zero-order valence-electron chi connectivity index (χ0n) is 45.8. The molecule has 0 aromatic heterocycles. The molecular weight excluding hydrogens is 924 g/mol. The van der Waals surface area contributed by atoms with Crippen molar-refractivity contribution in [2.75, 3.05) is 31.1 Å². The molecule has 1 heterocycles. The Morgan fingerprint density at radius 1 is 0.740 bits per heavy atom. The van der Waals surface area contributed by atoms with E-state index in [4.69, 9.17) is 13.9 Å². The van der Waals surface area contributed by atoms with Crippen LogP contribution < -0.4 is 27.2 Å². The SMILES string of the molecule is C=C(C)[C@@H]1CC[C@]2(C(=O)OCc3ccccc3)CC[C@]3(C)[C@H](CC[C@@H]4[C@@]5(C)CC[C@H](OC(=O)c6ccccc6-c6c7ccc(=[N+](CC)CC)cc-7oc7cc(N(CC)CC)ccc67)C(C)(C)[C@@H]5CC[C@]43C)[C@H]12.[Cl-]. The lowest BCUT2D eigenvalue weighted by Gasteiger charge is -2.72. The van der Waals surface area contributed by atoms with Gasteiger partial charge < -0.3 is 31.2 Å². The largest absolute Gasteiger partial charge is 1.00 e. The first kappa shape index (κ1) is 53.0. The molecule has 5 fully saturated rings. The summed E-state index contributed by atoms with van der Waals surface area (Å²) in [5.41, 5.74) is 7.26. The van der Waals surface area contributed by atoms with Gasteiger partial charge in [-0.2, -0.15) is 0 Å². The number of halogens is 1. The van der Waals surface area contributed by atoms with Gasteiger partial charge in [-0.3, -0.25) is 4.79 Å². The molecule has 1 aliphatic heterocycles. The molecule has 3 aromatic rings. The third-order valence-corrected chi connectivity index (χ3v) is 21.2. The summed E-state index contributed by atoms with van der Waals surface area (Å²) in [5.74, 6) is 2.55. The van der Waals surface area contributed by atoms with E-state index < -0.39 is 5.41 Å². The summed E-state index contributed by atoms with van der Waals surface area (Å²) < 4.78 is 22.4. The molecule has 0 saturated heterocycles. The second-order valence-electron chi connectivity index (χ2n) is 24.4. The van der Waals surface area contributed by atoms with Gasteiger partial charge in [-0.1, -0.05) is 95.3 Å². The smallest absolute Gasteiger partial charge is 0.339 e. The number of hydrogen-bond acceptors (Lipinski definition) is 6. The molecule has 10 rings (SSSR count). The molecule has 390 valence electrons. The Hall–Kier alpha value is -4.88. The van der Waals surface area contributed by atoms with E-state index in [1.807, 2.05) is 36.4 Å². The van der Waals surface area contributed by atoms with Crippen molar-refractivity contribution < 1.29 is 35.9 Å². The molecule has 3 aromatic carbocycles. The highest BCUT2D eigenvalue weighted by molar-refractivity contribution is 6.08. The van der Waals surface area contributed by atoms with Gasteiger partial charge in [-0.15, -0.1) is 0 Å². The number of anilines is 1. The normalized spacial score (nSPS) is 31.0. The van der Waals surface area contributed by atoms with Crippen molar-refractivity contribution in [1.29, 1.82) is 0 Å². The molecule has 73 heavy (non-hydrogen) atoms. The van der Waals surface area contributed by atoms with Gasteiger partial charge >= 0.3 is 11.9 Å². The number of allylic oxidation sites excluding steroid dienone is 1.